The molecule has 0 amide bonds. The van der Waals surface area contributed by atoms with Crippen molar-refractivity contribution in [2.24, 2.45) is 0 Å². The topological polar surface area (TPSA) is 77.8 Å². The van der Waals surface area contributed by atoms with Crippen LogP contribution in [0.2, 0.25) is 0 Å². The molecule has 0 aliphatic rings. The van der Waals surface area contributed by atoms with Crippen molar-refractivity contribution < 1.29 is 20.1 Å². The molecule has 4 nitrogen and oxygen atoms in total. The van der Waals surface area contributed by atoms with Crippen molar-refractivity contribution in [3.63, 3.8) is 0 Å². The number of carboxylic acids is 1. The Hall–Kier alpha value is -2.23. The second kappa shape index (κ2) is 3.41. The number of aromatic carboxylic acids is 1. The SMILES string of the molecule is Cc1c(O)c(C(=O)O)cc2cc(O)ccc12. The van der Waals surface area contributed by atoms with E-state index in [0.29, 0.717) is 10.9 Å². The standard InChI is InChI=1S/C12H10O4/c1-6-9-3-2-8(13)4-7(9)5-10(11(6)14)12(15)16/h2-5,13-14H,1H3,(H,15,16). The second-order valence-electron chi connectivity index (χ2n) is 3.61. The van der Waals surface area contributed by atoms with E-state index in [-0.39, 0.29) is 17.1 Å². The molecule has 16 heavy (non-hydrogen) atoms. The number of rotatable bonds is 1. The summed E-state index contributed by atoms with van der Waals surface area (Å²) >= 11 is 0. The highest BCUT2D eigenvalue weighted by molar-refractivity contribution is 5.99. The molecular weight excluding hydrogens is 208 g/mol. The van der Waals surface area contributed by atoms with E-state index < -0.39 is 5.97 Å². The van der Waals surface area contributed by atoms with Crippen LogP contribution in [0.5, 0.6) is 11.5 Å². The minimum absolute atomic E-state index is 0.0638. The lowest BCUT2D eigenvalue weighted by Crippen LogP contribution is -1.98. The number of carboxylic acid groups (broad SMARTS) is 1. The zero-order valence-corrected chi connectivity index (χ0v) is 8.56. The number of hydrogen-bond acceptors (Lipinski definition) is 3. The number of phenolic OH excluding ortho intramolecular Hbond substituents is 1. The van der Waals surface area contributed by atoms with Gasteiger partial charge in [0.15, 0.2) is 0 Å². The van der Waals surface area contributed by atoms with E-state index in [2.05, 4.69) is 0 Å². The van der Waals surface area contributed by atoms with Gasteiger partial charge in [0.2, 0.25) is 0 Å². The predicted molar refractivity (Wildman–Crippen MR) is 59.0 cm³/mol. The van der Waals surface area contributed by atoms with E-state index >= 15 is 0 Å². The number of hydrogen-bond donors (Lipinski definition) is 3. The van der Waals surface area contributed by atoms with Crippen LogP contribution in [0.1, 0.15) is 15.9 Å². The summed E-state index contributed by atoms with van der Waals surface area (Å²) in [5.41, 5.74) is 0.338. The molecule has 3 N–H and O–H groups in total. The summed E-state index contributed by atoms with van der Waals surface area (Å²) in [6.45, 7) is 1.64. The Morgan fingerprint density at radius 2 is 1.88 bits per heavy atom. The van der Waals surface area contributed by atoms with Crippen molar-refractivity contribution >= 4 is 16.7 Å². The minimum atomic E-state index is -1.19. The lowest BCUT2D eigenvalue weighted by molar-refractivity contribution is 0.0694. The van der Waals surface area contributed by atoms with Crippen molar-refractivity contribution in [3.8, 4) is 11.5 Å². The van der Waals surface area contributed by atoms with Gasteiger partial charge in [0.25, 0.3) is 0 Å². The van der Waals surface area contributed by atoms with Crippen molar-refractivity contribution in [1.29, 1.82) is 0 Å². The Morgan fingerprint density at radius 3 is 2.50 bits per heavy atom. The molecule has 0 aromatic heterocycles. The summed E-state index contributed by atoms with van der Waals surface area (Å²) in [7, 11) is 0. The molecule has 82 valence electrons. The monoisotopic (exact) mass is 218 g/mol. The first-order valence-electron chi connectivity index (χ1n) is 4.69. The molecule has 0 saturated carbocycles. The van der Waals surface area contributed by atoms with Gasteiger partial charge in [0, 0.05) is 0 Å². The summed E-state index contributed by atoms with van der Waals surface area (Å²) in [5.74, 6) is -1.36. The van der Waals surface area contributed by atoms with E-state index in [9.17, 15) is 15.0 Å². The Labute approximate surface area is 91.4 Å². The van der Waals surface area contributed by atoms with E-state index in [1.54, 1.807) is 13.0 Å². The molecule has 0 radical (unpaired) electrons. The molecule has 2 rings (SSSR count). The van der Waals surface area contributed by atoms with Crippen LogP contribution in [0.3, 0.4) is 0 Å². The van der Waals surface area contributed by atoms with E-state index in [1.165, 1.54) is 18.2 Å². The van der Waals surface area contributed by atoms with Gasteiger partial charge < -0.3 is 15.3 Å². The van der Waals surface area contributed by atoms with Crippen LogP contribution in [-0.4, -0.2) is 21.3 Å². The van der Waals surface area contributed by atoms with Crippen LogP contribution in [0, 0.1) is 6.92 Å². The number of carbonyl (C=O) groups is 1. The fourth-order valence-corrected chi connectivity index (χ4v) is 1.73. The Bertz CT molecular complexity index is 587. The van der Waals surface area contributed by atoms with Crippen LogP contribution in [0.25, 0.3) is 10.8 Å². The van der Waals surface area contributed by atoms with Crippen molar-refractivity contribution in [1.82, 2.24) is 0 Å². The first kappa shape index (κ1) is 10.3. The zero-order valence-electron chi connectivity index (χ0n) is 8.56. The summed E-state index contributed by atoms with van der Waals surface area (Å²) in [5, 5.41) is 29.2. The predicted octanol–water partition coefficient (Wildman–Crippen LogP) is 2.26. The van der Waals surface area contributed by atoms with Gasteiger partial charge in [0.1, 0.15) is 17.1 Å². The fourth-order valence-electron chi connectivity index (χ4n) is 1.73. The third-order valence-corrected chi connectivity index (χ3v) is 2.58. The van der Waals surface area contributed by atoms with Crippen LogP contribution in [-0.2, 0) is 0 Å². The van der Waals surface area contributed by atoms with Crippen LogP contribution >= 0.6 is 0 Å². The molecule has 0 aliphatic heterocycles. The molecule has 2 aromatic rings. The van der Waals surface area contributed by atoms with Crippen molar-refractivity contribution in [2.75, 3.05) is 0 Å². The quantitative estimate of drug-likeness (QED) is 0.686. The molecule has 0 bridgehead atoms. The Kier molecular flexibility index (Phi) is 2.20. The minimum Gasteiger partial charge on any atom is -0.508 e. The highest BCUT2D eigenvalue weighted by Gasteiger charge is 2.14. The van der Waals surface area contributed by atoms with Crippen LogP contribution in [0.4, 0.5) is 0 Å². The molecular formula is C12H10O4. The normalized spacial score (nSPS) is 10.6. The Balaban J connectivity index is 2.88. The van der Waals surface area contributed by atoms with Gasteiger partial charge in [-0.3, -0.25) is 0 Å². The number of fused-ring (bicyclic) bond motifs is 1. The van der Waals surface area contributed by atoms with Crippen molar-refractivity contribution in [3.05, 3.63) is 35.4 Å². The zero-order chi connectivity index (χ0) is 11.9. The second-order valence-corrected chi connectivity index (χ2v) is 3.61. The highest BCUT2D eigenvalue weighted by Crippen LogP contribution is 2.32. The number of phenols is 2. The van der Waals surface area contributed by atoms with Gasteiger partial charge in [-0.2, -0.15) is 0 Å². The molecule has 0 atom stereocenters. The average molecular weight is 218 g/mol. The maximum atomic E-state index is 10.9. The first-order valence-corrected chi connectivity index (χ1v) is 4.69. The smallest absolute Gasteiger partial charge is 0.339 e. The van der Waals surface area contributed by atoms with Crippen LogP contribution < -0.4 is 0 Å². The lowest BCUT2D eigenvalue weighted by atomic mass is 10.00. The molecule has 0 heterocycles. The molecule has 0 aliphatic carbocycles. The van der Waals surface area contributed by atoms with E-state index in [0.717, 1.165) is 5.39 Å². The summed E-state index contributed by atoms with van der Waals surface area (Å²) in [6.07, 6.45) is 0. The number of benzene rings is 2. The number of aromatic hydroxyl groups is 2. The van der Waals surface area contributed by atoms with Gasteiger partial charge in [-0.05, 0) is 41.5 Å². The van der Waals surface area contributed by atoms with Gasteiger partial charge in [-0.25, -0.2) is 4.79 Å². The Morgan fingerprint density at radius 1 is 1.19 bits per heavy atom. The van der Waals surface area contributed by atoms with E-state index in [4.69, 9.17) is 5.11 Å². The highest BCUT2D eigenvalue weighted by atomic mass is 16.4. The summed E-state index contributed by atoms with van der Waals surface area (Å²) in [4.78, 5) is 10.9. The van der Waals surface area contributed by atoms with E-state index in [1.807, 2.05) is 0 Å². The molecule has 0 fully saturated rings. The fraction of sp³-hybridized carbons (Fsp3) is 0.0833. The molecule has 2 aromatic carbocycles. The lowest BCUT2D eigenvalue weighted by Gasteiger charge is -2.08. The third-order valence-electron chi connectivity index (χ3n) is 2.58. The molecule has 4 heteroatoms. The third kappa shape index (κ3) is 1.44. The van der Waals surface area contributed by atoms with Crippen molar-refractivity contribution in [2.45, 2.75) is 6.92 Å². The van der Waals surface area contributed by atoms with Gasteiger partial charge in [-0.15, -0.1) is 0 Å². The van der Waals surface area contributed by atoms with Gasteiger partial charge >= 0.3 is 5.97 Å². The summed E-state index contributed by atoms with van der Waals surface area (Å²) in [6, 6.07) is 5.95. The summed E-state index contributed by atoms with van der Waals surface area (Å²) < 4.78 is 0. The number of aryl methyl sites for hydroxylation is 1. The first-order chi connectivity index (χ1) is 7.50. The van der Waals surface area contributed by atoms with Gasteiger partial charge in [0.05, 0.1) is 0 Å². The molecule has 0 unspecified atom stereocenters. The van der Waals surface area contributed by atoms with Gasteiger partial charge in [-0.1, -0.05) is 6.07 Å². The average Bonchev–Trinajstić information content (AvgIpc) is 2.22. The molecule has 0 spiro atoms. The maximum absolute atomic E-state index is 10.9. The largest absolute Gasteiger partial charge is 0.508 e. The molecule has 0 saturated heterocycles. The maximum Gasteiger partial charge on any atom is 0.339 e. The van der Waals surface area contributed by atoms with Crippen LogP contribution in [0.15, 0.2) is 24.3 Å².